The zero-order valence-electron chi connectivity index (χ0n) is 12.9. The highest BCUT2D eigenvalue weighted by molar-refractivity contribution is 5.85. The molecule has 0 spiro atoms. The number of nitrogens with two attached hydrogens (primary N) is 1. The molecule has 0 amide bonds. The fraction of sp³-hybridized carbons (Fsp3) is 0.333. The molecule has 120 valence electrons. The van der Waals surface area contributed by atoms with E-state index in [-0.39, 0.29) is 17.9 Å². The first-order chi connectivity index (χ1) is 10.7. The van der Waals surface area contributed by atoms with Crippen LogP contribution < -0.4 is 5.73 Å². The second-order valence-corrected chi connectivity index (χ2v) is 6.23. The molecule has 5 heteroatoms. The zero-order chi connectivity index (χ0) is 15.0. The van der Waals surface area contributed by atoms with Gasteiger partial charge in [-0.25, -0.2) is 0 Å². The Morgan fingerprint density at radius 2 is 1.78 bits per heavy atom. The summed E-state index contributed by atoms with van der Waals surface area (Å²) in [5.74, 6) is 1.31. The summed E-state index contributed by atoms with van der Waals surface area (Å²) in [6, 6.07) is 14.7. The molecule has 1 saturated carbocycles. The molecular weight excluding hydrogens is 310 g/mol. The molecule has 1 heterocycles. The zero-order valence-corrected chi connectivity index (χ0v) is 13.7. The molecule has 0 saturated heterocycles. The lowest BCUT2D eigenvalue weighted by Gasteiger charge is -2.17. The highest BCUT2D eigenvalue weighted by Crippen LogP contribution is 2.34. The molecule has 0 atom stereocenters. The van der Waals surface area contributed by atoms with E-state index >= 15 is 0 Å². The molecule has 1 aromatic heterocycles. The van der Waals surface area contributed by atoms with Crippen molar-refractivity contribution in [1.82, 2.24) is 10.1 Å². The van der Waals surface area contributed by atoms with Crippen LogP contribution in [-0.4, -0.2) is 10.1 Å². The van der Waals surface area contributed by atoms with Crippen LogP contribution in [-0.2, 0) is 12.0 Å². The maximum Gasteiger partial charge on any atom is 0.231 e. The van der Waals surface area contributed by atoms with Gasteiger partial charge >= 0.3 is 0 Å². The molecule has 0 radical (unpaired) electrons. The normalized spacial score (nSPS) is 16.4. The molecule has 2 aromatic carbocycles. The van der Waals surface area contributed by atoms with E-state index in [1.54, 1.807) is 0 Å². The number of aromatic nitrogens is 2. The van der Waals surface area contributed by atoms with Gasteiger partial charge in [0.15, 0.2) is 5.82 Å². The standard InChI is InChI=1S/C18H19N3O.ClH/c19-18(9-3-4-10-18)17-20-16(22-21-17)12-13-7-8-14-5-1-2-6-15(14)11-13;/h1-2,5-8,11H,3-4,9-10,12,19H2;1H. The van der Waals surface area contributed by atoms with Crippen LogP contribution in [0.25, 0.3) is 10.8 Å². The van der Waals surface area contributed by atoms with Crippen molar-refractivity contribution in [3.8, 4) is 0 Å². The van der Waals surface area contributed by atoms with E-state index in [9.17, 15) is 0 Å². The monoisotopic (exact) mass is 329 g/mol. The second kappa shape index (κ2) is 6.30. The van der Waals surface area contributed by atoms with Gasteiger partial charge in [0, 0.05) is 0 Å². The van der Waals surface area contributed by atoms with Gasteiger partial charge in [-0.3, -0.25) is 0 Å². The molecule has 0 aliphatic heterocycles. The van der Waals surface area contributed by atoms with Crippen molar-refractivity contribution >= 4 is 23.2 Å². The molecule has 23 heavy (non-hydrogen) atoms. The predicted octanol–water partition coefficient (Wildman–Crippen LogP) is 3.96. The minimum Gasteiger partial charge on any atom is -0.339 e. The molecule has 1 fully saturated rings. The smallest absolute Gasteiger partial charge is 0.231 e. The molecule has 3 aromatic rings. The van der Waals surface area contributed by atoms with Crippen molar-refractivity contribution in [2.45, 2.75) is 37.6 Å². The molecular formula is C18H20ClN3O. The summed E-state index contributed by atoms with van der Waals surface area (Å²) in [6.45, 7) is 0. The van der Waals surface area contributed by atoms with E-state index in [0.717, 1.165) is 25.7 Å². The number of rotatable bonds is 3. The largest absolute Gasteiger partial charge is 0.339 e. The van der Waals surface area contributed by atoms with Crippen LogP contribution in [0.3, 0.4) is 0 Å². The first-order valence-electron chi connectivity index (χ1n) is 7.83. The Bertz CT molecular complexity index is 809. The van der Waals surface area contributed by atoms with E-state index in [1.807, 2.05) is 0 Å². The lowest BCUT2D eigenvalue weighted by molar-refractivity contribution is 0.352. The molecule has 0 bridgehead atoms. The van der Waals surface area contributed by atoms with Crippen molar-refractivity contribution in [3.63, 3.8) is 0 Å². The number of hydrogen-bond acceptors (Lipinski definition) is 4. The quantitative estimate of drug-likeness (QED) is 0.789. The van der Waals surface area contributed by atoms with Crippen molar-refractivity contribution in [1.29, 1.82) is 0 Å². The summed E-state index contributed by atoms with van der Waals surface area (Å²) < 4.78 is 5.42. The Morgan fingerprint density at radius 1 is 1.04 bits per heavy atom. The topological polar surface area (TPSA) is 64.9 Å². The van der Waals surface area contributed by atoms with Gasteiger partial charge in [0.25, 0.3) is 0 Å². The Balaban J connectivity index is 0.00000156. The first-order valence-corrected chi connectivity index (χ1v) is 7.83. The SMILES string of the molecule is Cl.NC1(c2noc(Cc3ccc4ccccc4c3)n2)CCCC1. The van der Waals surface area contributed by atoms with Crippen LogP contribution in [0.5, 0.6) is 0 Å². The Kier molecular flexibility index (Phi) is 4.37. The fourth-order valence-corrected chi connectivity index (χ4v) is 3.28. The highest BCUT2D eigenvalue weighted by atomic mass is 35.5. The average Bonchev–Trinajstić information content (AvgIpc) is 3.17. The molecule has 4 rings (SSSR count). The Labute approximate surface area is 141 Å². The molecule has 4 nitrogen and oxygen atoms in total. The maximum atomic E-state index is 6.38. The Morgan fingerprint density at radius 3 is 2.57 bits per heavy atom. The molecule has 1 aliphatic carbocycles. The summed E-state index contributed by atoms with van der Waals surface area (Å²) in [5, 5.41) is 6.59. The number of fused-ring (bicyclic) bond motifs is 1. The van der Waals surface area contributed by atoms with Gasteiger partial charge in [0.05, 0.1) is 12.0 Å². The third kappa shape index (κ3) is 3.09. The number of benzene rings is 2. The van der Waals surface area contributed by atoms with Gasteiger partial charge in [-0.1, -0.05) is 60.5 Å². The van der Waals surface area contributed by atoms with Gasteiger partial charge in [-0.05, 0) is 29.2 Å². The average molecular weight is 330 g/mol. The van der Waals surface area contributed by atoms with Crippen LogP contribution in [0.1, 0.15) is 43.0 Å². The summed E-state index contributed by atoms with van der Waals surface area (Å²) in [6.07, 6.45) is 4.83. The van der Waals surface area contributed by atoms with Crippen molar-refractivity contribution in [3.05, 3.63) is 59.7 Å². The van der Waals surface area contributed by atoms with Crippen LogP contribution in [0.15, 0.2) is 47.0 Å². The third-order valence-electron chi connectivity index (χ3n) is 4.58. The summed E-state index contributed by atoms with van der Waals surface area (Å²) in [5.41, 5.74) is 7.17. The number of hydrogen-bond donors (Lipinski definition) is 1. The molecule has 1 aliphatic rings. The second-order valence-electron chi connectivity index (χ2n) is 6.23. The van der Waals surface area contributed by atoms with Crippen LogP contribution in [0.2, 0.25) is 0 Å². The van der Waals surface area contributed by atoms with Gasteiger partial charge in [0.2, 0.25) is 5.89 Å². The minimum atomic E-state index is -0.384. The summed E-state index contributed by atoms with van der Waals surface area (Å²) in [4.78, 5) is 4.54. The van der Waals surface area contributed by atoms with Crippen LogP contribution in [0, 0.1) is 0 Å². The van der Waals surface area contributed by atoms with Crippen LogP contribution >= 0.6 is 12.4 Å². The lowest BCUT2D eigenvalue weighted by Crippen LogP contribution is -2.34. The van der Waals surface area contributed by atoms with E-state index in [4.69, 9.17) is 10.3 Å². The van der Waals surface area contributed by atoms with Crippen molar-refractivity contribution in [2.75, 3.05) is 0 Å². The molecule has 2 N–H and O–H groups in total. The van der Waals surface area contributed by atoms with E-state index < -0.39 is 0 Å². The van der Waals surface area contributed by atoms with Gasteiger partial charge in [0.1, 0.15) is 0 Å². The summed E-state index contributed by atoms with van der Waals surface area (Å²) in [7, 11) is 0. The lowest BCUT2D eigenvalue weighted by atomic mass is 9.98. The van der Waals surface area contributed by atoms with Gasteiger partial charge < -0.3 is 10.3 Å². The molecule has 0 unspecified atom stereocenters. The van der Waals surface area contributed by atoms with Crippen molar-refractivity contribution < 1.29 is 4.52 Å². The highest BCUT2D eigenvalue weighted by Gasteiger charge is 2.35. The third-order valence-corrected chi connectivity index (χ3v) is 4.58. The number of nitrogens with zero attached hydrogens (tertiary/aromatic N) is 2. The van der Waals surface area contributed by atoms with E-state index in [0.29, 0.717) is 18.1 Å². The Hall–Kier alpha value is -1.91. The first kappa shape index (κ1) is 16.0. The van der Waals surface area contributed by atoms with E-state index in [2.05, 4.69) is 52.6 Å². The van der Waals surface area contributed by atoms with Crippen LogP contribution in [0.4, 0.5) is 0 Å². The van der Waals surface area contributed by atoms with Gasteiger partial charge in [-0.2, -0.15) is 4.98 Å². The maximum absolute atomic E-state index is 6.38. The predicted molar refractivity (Wildman–Crippen MR) is 92.6 cm³/mol. The minimum absolute atomic E-state index is 0. The van der Waals surface area contributed by atoms with Gasteiger partial charge in [-0.15, -0.1) is 12.4 Å². The van der Waals surface area contributed by atoms with E-state index in [1.165, 1.54) is 16.3 Å². The summed E-state index contributed by atoms with van der Waals surface area (Å²) >= 11 is 0. The fourth-order valence-electron chi connectivity index (χ4n) is 3.28. The van der Waals surface area contributed by atoms with Crippen molar-refractivity contribution in [2.24, 2.45) is 5.73 Å². The number of halogens is 1.